The molecule has 4 rings (SSSR count). The van der Waals surface area contributed by atoms with Crippen molar-refractivity contribution in [3.8, 4) is 0 Å². The summed E-state index contributed by atoms with van der Waals surface area (Å²) in [6.45, 7) is 3.63. The van der Waals surface area contributed by atoms with Crippen LogP contribution in [0.3, 0.4) is 0 Å². The van der Waals surface area contributed by atoms with Crippen LogP contribution >= 0.6 is 0 Å². The Morgan fingerprint density at radius 2 is 1.68 bits per heavy atom. The Hall–Kier alpha value is -4.11. The van der Waals surface area contributed by atoms with E-state index in [9.17, 15) is 13.2 Å². The number of nitrogens with zero attached hydrogens (tertiary/aromatic N) is 4. The standard InChI is InChI=1S/C25H23N5O3S/c1-17-7-9-20(29-24(31)19-8-10-23(18(2)14-19)34(3,32)33)15-22(17)30(21-6-4-11-26-16-21)25-27-12-5-13-28-25/h4-16H,1-3H3,(H,29,31). The van der Waals surface area contributed by atoms with Gasteiger partial charge in [-0.05, 0) is 73.5 Å². The molecule has 2 aromatic heterocycles. The van der Waals surface area contributed by atoms with Crippen LogP contribution in [-0.4, -0.2) is 35.5 Å². The van der Waals surface area contributed by atoms with Crippen LogP contribution in [0.25, 0.3) is 0 Å². The monoisotopic (exact) mass is 473 g/mol. The molecule has 1 N–H and O–H groups in total. The van der Waals surface area contributed by atoms with Gasteiger partial charge in [-0.1, -0.05) is 6.07 Å². The van der Waals surface area contributed by atoms with E-state index in [2.05, 4.69) is 20.3 Å². The fraction of sp³-hybridized carbons (Fsp3) is 0.120. The molecule has 34 heavy (non-hydrogen) atoms. The number of amides is 1. The number of hydrogen-bond donors (Lipinski definition) is 1. The summed E-state index contributed by atoms with van der Waals surface area (Å²) in [5.41, 5.74) is 3.95. The first kappa shape index (κ1) is 23.1. The molecule has 172 valence electrons. The van der Waals surface area contributed by atoms with Crippen LogP contribution in [0, 0.1) is 13.8 Å². The molecule has 0 unspecified atom stereocenters. The maximum Gasteiger partial charge on any atom is 0.255 e. The van der Waals surface area contributed by atoms with Crippen molar-refractivity contribution in [2.24, 2.45) is 0 Å². The zero-order valence-electron chi connectivity index (χ0n) is 18.9. The summed E-state index contributed by atoms with van der Waals surface area (Å²) in [6, 6.07) is 15.6. The molecular weight excluding hydrogens is 450 g/mol. The smallest absolute Gasteiger partial charge is 0.255 e. The number of rotatable bonds is 6. The molecule has 0 bridgehead atoms. The Kier molecular flexibility index (Phi) is 6.38. The number of benzene rings is 2. The van der Waals surface area contributed by atoms with Gasteiger partial charge in [0.2, 0.25) is 5.95 Å². The number of carbonyl (C=O) groups excluding carboxylic acids is 1. The number of aryl methyl sites for hydroxylation is 2. The van der Waals surface area contributed by atoms with Crippen molar-refractivity contribution in [1.29, 1.82) is 0 Å². The van der Waals surface area contributed by atoms with Crippen molar-refractivity contribution in [3.05, 3.63) is 96.1 Å². The van der Waals surface area contributed by atoms with E-state index in [1.54, 1.807) is 43.8 Å². The first-order valence-electron chi connectivity index (χ1n) is 10.4. The van der Waals surface area contributed by atoms with Gasteiger partial charge in [-0.2, -0.15) is 0 Å². The Morgan fingerprint density at radius 1 is 0.912 bits per heavy atom. The van der Waals surface area contributed by atoms with Gasteiger partial charge in [-0.25, -0.2) is 18.4 Å². The second-order valence-corrected chi connectivity index (χ2v) is 9.79. The number of carbonyl (C=O) groups is 1. The molecule has 8 nitrogen and oxygen atoms in total. The highest BCUT2D eigenvalue weighted by Gasteiger charge is 2.19. The third-order valence-corrected chi connectivity index (χ3v) is 6.46. The van der Waals surface area contributed by atoms with Gasteiger partial charge < -0.3 is 5.32 Å². The van der Waals surface area contributed by atoms with Crippen LogP contribution in [0.5, 0.6) is 0 Å². The van der Waals surface area contributed by atoms with Crippen LogP contribution in [0.1, 0.15) is 21.5 Å². The number of hydrogen-bond acceptors (Lipinski definition) is 7. The van der Waals surface area contributed by atoms with Gasteiger partial charge >= 0.3 is 0 Å². The van der Waals surface area contributed by atoms with Crippen LogP contribution in [-0.2, 0) is 9.84 Å². The zero-order chi connectivity index (χ0) is 24.3. The Balaban J connectivity index is 1.69. The first-order chi connectivity index (χ1) is 16.2. The van der Waals surface area contributed by atoms with Crippen LogP contribution in [0.15, 0.2) is 84.3 Å². The predicted octanol–water partition coefficient (Wildman–Crippen LogP) is 4.61. The Labute approximate surface area is 198 Å². The van der Waals surface area contributed by atoms with Crippen LogP contribution in [0.4, 0.5) is 23.0 Å². The number of anilines is 4. The van der Waals surface area contributed by atoms with Crippen molar-refractivity contribution in [2.75, 3.05) is 16.5 Å². The maximum absolute atomic E-state index is 12.9. The molecular formula is C25H23N5O3S. The minimum absolute atomic E-state index is 0.205. The van der Waals surface area contributed by atoms with E-state index < -0.39 is 9.84 Å². The fourth-order valence-electron chi connectivity index (χ4n) is 3.59. The summed E-state index contributed by atoms with van der Waals surface area (Å²) in [6.07, 6.45) is 7.87. The molecule has 0 atom stereocenters. The third-order valence-electron chi connectivity index (χ3n) is 5.20. The molecule has 0 saturated carbocycles. The third kappa shape index (κ3) is 4.94. The quantitative estimate of drug-likeness (QED) is 0.436. The lowest BCUT2D eigenvalue weighted by Crippen LogP contribution is -2.16. The molecule has 0 aliphatic rings. The van der Waals surface area contributed by atoms with Crippen LogP contribution < -0.4 is 10.2 Å². The number of pyridine rings is 1. The normalized spacial score (nSPS) is 11.1. The first-order valence-corrected chi connectivity index (χ1v) is 12.3. The lowest BCUT2D eigenvalue weighted by Gasteiger charge is -2.24. The SMILES string of the molecule is Cc1ccc(NC(=O)c2ccc(S(C)(=O)=O)c(C)c2)cc1N(c1cccnc1)c1ncccn1. The van der Waals surface area contributed by atoms with Gasteiger partial charge in [-0.15, -0.1) is 0 Å². The lowest BCUT2D eigenvalue weighted by molar-refractivity contribution is 0.102. The van der Waals surface area contributed by atoms with E-state index in [-0.39, 0.29) is 10.8 Å². The number of aromatic nitrogens is 3. The van der Waals surface area contributed by atoms with Crippen LogP contribution in [0.2, 0.25) is 0 Å². The molecule has 0 fully saturated rings. The molecule has 1 amide bonds. The van der Waals surface area contributed by atoms with Crippen molar-refractivity contribution < 1.29 is 13.2 Å². The maximum atomic E-state index is 12.9. The highest BCUT2D eigenvalue weighted by Crippen LogP contribution is 2.35. The van der Waals surface area contributed by atoms with E-state index in [1.165, 1.54) is 12.1 Å². The molecule has 9 heteroatoms. The minimum Gasteiger partial charge on any atom is -0.322 e. The summed E-state index contributed by atoms with van der Waals surface area (Å²) in [5, 5.41) is 2.90. The van der Waals surface area contributed by atoms with Crippen molar-refractivity contribution in [1.82, 2.24) is 15.0 Å². The van der Waals surface area contributed by atoms with E-state index >= 15 is 0 Å². The Bertz CT molecular complexity index is 1400. The fourth-order valence-corrected chi connectivity index (χ4v) is 4.55. The summed E-state index contributed by atoms with van der Waals surface area (Å²) in [7, 11) is -3.36. The topological polar surface area (TPSA) is 105 Å². The highest BCUT2D eigenvalue weighted by atomic mass is 32.2. The summed E-state index contributed by atoms with van der Waals surface area (Å²) in [4.78, 5) is 28.0. The van der Waals surface area contributed by atoms with E-state index in [0.717, 1.165) is 23.2 Å². The average molecular weight is 474 g/mol. The van der Waals surface area contributed by atoms with Gasteiger partial charge in [0.05, 0.1) is 22.5 Å². The second-order valence-electron chi connectivity index (χ2n) is 7.80. The highest BCUT2D eigenvalue weighted by molar-refractivity contribution is 7.90. The largest absolute Gasteiger partial charge is 0.322 e. The number of sulfone groups is 1. The molecule has 0 aliphatic heterocycles. The summed E-state index contributed by atoms with van der Waals surface area (Å²) >= 11 is 0. The molecule has 0 saturated heterocycles. The summed E-state index contributed by atoms with van der Waals surface area (Å²) in [5.74, 6) is 0.121. The van der Waals surface area contributed by atoms with Gasteiger partial charge in [0.25, 0.3) is 5.91 Å². The van der Waals surface area contributed by atoms with E-state index in [4.69, 9.17) is 0 Å². The summed E-state index contributed by atoms with van der Waals surface area (Å²) < 4.78 is 23.7. The zero-order valence-corrected chi connectivity index (χ0v) is 19.7. The minimum atomic E-state index is -3.36. The van der Waals surface area contributed by atoms with Crippen molar-refractivity contribution in [2.45, 2.75) is 18.7 Å². The predicted molar refractivity (Wildman–Crippen MR) is 131 cm³/mol. The van der Waals surface area contributed by atoms with Gasteiger partial charge in [0, 0.05) is 36.1 Å². The van der Waals surface area contributed by atoms with Gasteiger partial charge in [0.1, 0.15) is 0 Å². The molecule has 2 heterocycles. The van der Waals surface area contributed by atoms with Gasteiger partial charge in [0.15, 0.2) is 9.84 Å². The van der Waals surface area contributed by atoms with Crippen molar-refractivity contribution in [3.63, 3.8) is 0 Å². The van der Waals surface area contributed by atoms with E-state index in [0.29, 0.717) is 22.8 Å². The lowest BCUT2D eigenvalue weighted by atomic mass is 10.1. The molecule has 2 aromatic carbocycles. The van der Waals surface area contributed by atoms with Crippen molar-refractivity contribution >= 4 is 38.8 Å². The molecule has 4 aromatic rings. The average Bonchev–Trinajstić information content (AvgIpc) is 2.82. The molecule has 0 aliphatic carbocycles. The molecule has 0 radical (unpaired) electrons. The van der Waals surface area contributed by atoms with Gasteiger partial charge in [-0.3, -0.25) is 14.7 Å². The number of nitrogens with one attached hydrogen (secondary N) is 1. The second kappa shape index (κ2) is 9.40. The van der Waals surface area contributed by atoms with E-state index in [1.807, 2.05) is 42.2 Å². The molecule has 0 spiro atoms. The Morgan fingerprint density at radius 3 is 2.32 bits per heavy atom.